The van der Waals surface area contributed by atoms with Crippen LogP contribution in [0, 0.1) is 5.82 Å². The van der Waals surface area contributed by atoms with Gasteiger partial charge in [0.2, 0.25) is 0 Å². The largest absolute Gasteiger partial charge is 0.598 e. The summed E-state index contributed by atoms with van der Waals surface area (Å²) < 4.78 is 27.5. The highest BCUT2D eigenvalue weighted by atomic mass is 35.5. The first kappa shape index (κ1) is 15.6. The molecule has 1 rings (SSSR count). The second kappa shape index (κ2) is 5.65. The quantitative estimate of drug-likeness (QED) is 0.841. The maximum atomic E-state index is 13.2. The van der Waals surface area contributed by atoms with Crippen LogP contribution in [0.1, 0.15) is 39.3 Å². The van der Waals surface area contributed by atoms with E-state index in [4.69, 9.17) is 11.6 Å². The molecule has 2 atom stereocenters. The van der Waals surface area contributed by atoms with Crippen molar-refractivity contribution in [3.05, 3.63) is 28.5 Å². The van der Waals surface area contributed by atoms with Crippen LogP contribution in [0.25, 0.3) is 0 Å². The highest BCUT2D eigenvalue weighted by Gasteiger charge is 2.29. The first-order valence-corrected chi connectivity index (χ1v) is 7.01. The van der Waals surface area contributed by atoms with Gasteiger partial charge in [0.15, 0.2) is 0 Å². The normalized spacial score (nSPS) is 15.5. The molecule has 0 saturated heterocycles. The van der Waals surface area contributed by atoms with Crippen molar-refractivity contribution in [2.24, 2.45) is 0 Å². The molecule has 0 unspecified atom stereocenters. The molecule has 2 N–H and O–H groups in total. The van der Waals surface area contributed by atoms with Gasteiger partial charge < -0.3 is 9.66 Å². The number of aromatic hydroxyl groups is 1. The van der Waals surface area contributed by atoms with E-state index in [1.165, 1.54) is 6.07 Å². The van der Waals surface area contributed by atoms with Gasteiger partial charge in [0.05, 0.1) is 11.1 Å². The molecule has 0 spiro atoms. The molecule has 1 aromatic carbocycles. The molecule has 0 fully saturated rings. The van der Waals surface area contributed by atoms with E-state index in [0.29, 0.717) is 0 Å². The Hall–Kier alpha value is -0.490. The van der Waals surface area contributed by atoms with Crippen molar-refractivity contribution in [2.75, 3.05) is 0 Å². The highest BCUT2D eigenvalue weighted by Crippen LogP contribution is 2.33. The Kier molecular flexibility index (Phi) is 4.89. The lowest BCUT2D eigenvalue weighted by Gasteiger charge is -2.26. The van der Waals surface area contributed by atoms with Crippen LogP contribution in [-0.4, -0.2) is 14.4 Å². The molecule has 0 aliphatic heterocycles. The van der Waals surface area contributed by atoms with Crippen LogP contribution >= 0.6 is 11.6 Å². The van der Waals surface area contributed by atoms with Crippen molar-refractivity contribution < 1.29 is 14.0 Å². The Bertz CT molecular complexity index is 437. The number of benzene rings is 1. The van der Waals surface area contributed by atoms with Gasteiger partial charge in [0.25, 0.3) is 0 Å². The molecular weight excluding hydrogens is 277 g/mol. The van der Waals surface area contributed by atoms with Crippen LogP contribution in [0.2, 0.25) is 5.02 Å². The van der Waals surface area contributed by atoms with E-state index >= 15 is 0 Å². The number of halogens is 2. The van der Waals surface area contributed by atoms with Crippen molar-refractivity contribution in [1.82, 2.24) is 4.72 Å². The lowest BCUT2D eigenvalue weighted by Crippen LogP contribution is -2.40. The third-order valence-electron chi connectivity index (χ3n) is 2.36. The van der Waals surface area contributed by atoms with Crippen molar-refractivity contribution in [3.63, 3.8) is 0 Å². The molecule has 0 aliphatic carbocycles. The van der Waals surface area contributed by atoms with Gasteiger partial charge in [0.1, 0.15) is 16.3 Å². The molecule has 0 aromatic heterocycles. The van der Waals surface area contributed by atoms with E-state index in [1.807, 2.05) is 20.8 Å². The summed E-state index contributed by atoms with van der Waals surface area (Å²) in [4.78, 5) is 0. The Labute approximate surface area is 115 Å². The topological polar surface area (TPSA) is 55.3 Å². The lowest BCUT2D eigenvalue weighted by molar-refractivity contribution is 0.456. The summed E-state index contributed by atoms with van der Waals surface area (Å²) in [7, 11) is 0. The van der Waals surface area contributed by atoms with Crippen LogP contribution in [-0.2, 0) is 11.4 Å². The van der Waals surface area contributed by atoms with Gasteiger partial charge >= 0.3 is 0 Å². The minimum absolute atomic E-state index is 0.0554. The number of phenolic OH excluding ortho intramolecular Hbond substituents is 1. The Balaban J connectivity index is 2.95. The summed E-state index contributed by atoms with van der Waals surface area (Å²) in [5.41, 5.74) is 0.289. The smallest absolute Gasteiger partial charge is 0.139 e. The van der Waals surface area contributed by atoms with E-state index in [9.17, 15) is 14.0 Å². The SMILES string of the molecule is C[C@@H](N[S@+]([O-])C(C)(C)C)c1cc(F)cc(Cl)c1O. The van der Waals surface area contributed by atoms with E-state index in [1.54, 1.807) is 6.92 Å². The fourth-order valence-corrected chi connectivity index (χ4v) is 2.33. The van der Waals surface area contributed by atoms with Crippen molar-refractivity contribution >= 4 is 23.0 Å². The van der Waals surface area contributed by atoms with E-state index in [2.05, 4.69) is 4.72 Å². The number of phenols is 1. The van der Waals surface area contributed by atoms with Gasteiger partial charge in [-0.3, -0.25) is 0 Å². The number of rotatable bonds is 3. The molecule has 0 heterocycles. The maximum absolute atomic E-state index is 13.2. The molecule has 0 saturated carbocycles. The molecular formula is C12H17ClFNO2S. The number of hydrogen-bond donors (Lipinski definition) is 2. The minimum Gasteiger partial charge on any atom is -0.598 e. The van der Waals surface area contributed by atoms with Crippen LogP contribution in [0.4, 0.5) is 4.39 Å². The zero-order valence-electron chi connectivity index (χ0n) is 10.8. The molecule has 18 heavy (non-hydrogen) atoms. The van der Waals surface area contributed by atoms with Crippen LogP contribution in [0.5, 0.6) is 5.75 Å². The fourth-order valence-electron chi connectivity index (χ4n) is 1.32. The Morgan fingerprint density at radius 3 is 2.50 bits per heavy atom. The summed E-state index contributed by atoms with van der Waals surface area (Å²) in [5.74, 6) is -0.730. The monoisotopic (exact) mass is 293 g/mol. The Morgan fingerprint density at radius 2 is 2.00 bits per heavy atom. The Morgan fingerprint density at radius 1 is 1.44 bits per heavy atom. The van der Waals surface area contributed by atoms with Gasteiger partial charge in [-0.05, 0) is 39.8 Å². The van der Waals surface area contributed by atoms with Gasteiger partial charge in [-0.2, -0.15) is 0 Å². The third-order valence-corrected chi connectivity index (χ3v) is 4.33. The molecule has 1 aromatic rings. The molecule has 0 bridgehead atoms. The van der Waals surface area contributed by atoms with Crippen molar-refractivity contribution in [1.29, 1.82) is 0 Å². The molecule has 0 amide bonds. The van der Waals surface area contributed by atoms with E-state index in [0.717, 1.165) is 6.07 Å². The maximum Gasteiger partial charge on any atom is 0.139 e. The second-order valence-electron chi connectivity index (χ2n) is 5.05. The first-order valence-electron chi connectivity index (χ1n) is 5.49. The van der Waals surface area contributed by atoms with Crippen LogP contribution < -0.4 is 4.72 Å². The summed E-state index contributed by atoms with van der Waals surface area (Å²) in [6, 6.07) is 1.74. The minimum atomic E-state index is -1.32. The van der Waals surface area contributed by atoms with Crippen molar-refractivity contribution in [3.8, 4) is 5.75 Å². The van der Waals surface area contributed by atoms with E-state index in [-0.39, 0.29) is 16.3 Å². The summed E-state index contributed by atoms with van der Waals surface area (Å²) in [6.07, 6.45) is 0. The molecule has 102 valence electrons. The van der Waals surface area contributed by atoms with Gasteiger partial charge in [0, 0.05) is 16.9 Å². The van der Waals surface area contributed by atoms with E-state index < -0.39 is 28.0 Å². The zero-order chi connectivity index (χ0) is 14.1. The number of nitrogens with one attached hydrogen (secondary N) is 1. The zero-order valence-corrected chi connectivity index (χ0v) is 12.3. The molecule has 6 heteroatoms. The highest BCUT2D eigenvalue weighted by molar-refractivity contribution is 7.90. The van der Waals surface area contributed by atoms with Gasteiger partial charge in [-0.1, -0.05) is 11.6 Å². The summed E-state index contributed by atoms with van der Waals surface area (Å²) in [5, 5.41) is 9.72. The summed E-state index contributed by atoms with van der Waals surface area (Å²) in [6.45, 7) is 7.15. The van der Waals surface area contributed by atoms with Gasteiger partial charge in [-0.25, -0.2) is 4.39 Å². The molecule has 0 aliphatic rings. The molecule has 0 radical (unpaired) electrons. The third kappa shape index (κ3) is 3.75. The first-order chi connectivity index (χ1) is 8.12. The molecule has 3 nitrogen and oxygen atoms in total. The second-order valence-corrected chi connectivity index (χ2v) is 7.45. The summed E-state index contributed by atoms with van der Waals surface area (Å²) >= 11 is 4.38. The van der Waals surface area contributed by atoms with Crippen LogP contribution in [0.15, 0.2) is 12.1 Å². The number of hydrogen-bond acceptors (Lipinski definition) is 3. The van der Waals surface area contributed by atoms with Gasteiger partial charge in [-0.15, -0.1) is 4.72 Å². The predicted molar refractivity (Wildman–Crippen MR) is 72.5 cm³/mol. The fraction of sp³-hybridized carbons (Fsp3) is 0.500. The lowest BCUT2D eigenvalue weighted by atomic mass is 10.1. The standard InChI is InChI=1S/C12H17ClFNO2S/c1-7(15-18(17)12(2,3)4)9-5-8(14)6-10(13)11(9)16/h5-7,15-16H,1-4H3/t7-,18-/m1/s1. The average molecular weight is 294 g/mol. The van der Waals surface area contributed by atoms with Crippen molar-refractivity contribution in [2.45, 2.75) is 38.5 Å². The predicted octanol–water partition coefficient (Wildman–Crippen LogP) is 3.30. The average Bonchev–Trinajstić information content (AvgIpc) is 2.21. The van der Waals surface area contributed by atoms with Crippen LogP contribution in [0.3, 0.4) is 0 Å².